The molecule has 2 aromatic carbocycles. The quantitative estimate of drug-likeness (QED) is 0.275. The van der Waals surface area contributed by atoms with Crippen molar-refractivity contribution in [2.45, 2.75) is 45.6 Å². The Bertz CT molecular complexity index is 1430. The standard InChI is InChI=1S/C23H20ClF5N6O2/c1-2-19-30-18(31-35(19)16-5-3-4-6-17(16)37-21(25)26)13-34-22(36)33(12-11-23(27,28)29)20(32-34)14-7-9-15(24)10-8-14/h3-10,21H,2,11-13H2,1H3. The van der Waals surface area contributed by atoms with Gasteiger partial charge in [0, 0.05) is 23.6 Å². The van der Waals surface area contributed by atoms with E-state index in [0.717, 1.165) is 9.25 Å². The predicted octanol–water partition coefficient (Wildman–Crippen LogP) is 5.11. The van der Waals surface area contributed by atoms with Crippen molar-refractivity contribution in [3.05, 3.63) is 75.7 Å². The molecule has 2 aromatic heterocycles. The summed E-state index contributed by atoms with van der Waals surface area (Å²) in [5, 5.41) is 8.99. The summed E-state index contributed by atoms with van der Waals surface area (Å²) in [5.74, 6) is 0.399. The normalized spacial score (nSPS) is 11.9. The largest absolute Gasteiger partial charge is 0.433 e. The van der Waals surface area contributed by atoms with Crippen LogP contribution in [0.1, 0.15) is 25.0 Å². The van der Waals surface area contributed by atoms with Crippen molar-refractivity contribution in [1.29, 1.82) is 0 Å². The zero-order chi connectivity index (χ0) is 26.7. The first-order chi connectivity index (χ1) is 17.6. The Balaban J connectivity index is 1.72. The molecule has 196 valence electrons. The molecule has 0 atom stereocenters. The highest BCUT2D eigenvalue weighted by Crippen LogP contribution is 2.26. The maximum absolute atomic E-state index is 13.1. The molecule has 0 spiro atoms. The molecule has 0 aliphatic carbocycles. The number of nitrogens with zero attached hydrogens (tertiary/aromatic N) is 6. The number of ether oxygens (including phenoxy) is 1. The van der Waals surface area contributed by atoms with Gasteiger partial charge in [-0.25, -0.2) is 19.1 Å². The second-order valence-corrected chi connectivity index (χ2v) is 8.28. The highest BCUT2D eigenvalue weighted by atomic mass is 35.5. The molecule has 8 nitrogen and oxygen atoms in total. The number of hydrogen-bond donors (Lipinski definition) is 0. The van der Waals surface area contributed by atoms with E-state index in [1.807, 2.05) is 0 Å². The van der Waals surface area contributed by atoms with Gasteiger partial charge in [0.2, 0.25) is 0 Å². The van der Waals surface area contributed by atoms with Crippen LogP contribution >= 0.6 is 11.6 Å². The Morgan fingerprint density at radius 3 is 2.41 bits per heavy atom. The van der Waals surface area contributed by atoms with Crippen molar-refractivity contribution in [1.82, 2.24) is 29.1 Å². The van der Waals surface area contributed by atoms with Crippen molar-refractivity contribution >= 4 is 11.6 Å². The summed E-state index contributed by atoms with van der Waals surface area (Å²) < 4.78 is 72.4. The van der Waals surface area contributed by atoms with Gasteiger partial charge in [-0.15, -0.1) is 10.2 Å². The van der Waals surface area contributed by atoms with E-state index in [-0.39, 0.29) is 29.6 Å². The summed E-state index contributed by atoms with van der Waals surface area (Å²) in [6.45, 7) is -2.19. The van der Waals surface area contributed by atoms with Crippen LogP contribution in [0.25, 0.3) is 17.1 Å². The summed E-state index contributed by atoms with van der Waals surface area (Å²) >= 11 is 5.91. The number of aryl methyl sites for hydroxylation is 1. The van der Waals surface area contributed by atoms with E-state index < -0.39 is 31.4 Å². The first-order valence-electron chi connectivity index (χ1n) is 11.0. The number of halogens is 6. The lowest BCUT2D eigenvalue weighted by Crippen LogP contribution is -2.27. The molecule has 4 rings (SSSR count). The van der Waals surface area contributed by atoms with Crippen LogP contribution in [0.15, 0.2) is 53.3 Å². The smallest absolute Gasteiger partial charge is 0.390 e. The molecule has 0 unspecified atom stereocenters. The molecule has 14 heteroatoms. The van der Waals surface area contributed by atoms with E-state index in [2.05, 4.69) is 19.9 Å². The molecule has 0 amide bonds. The zero-order valence-corrected chi connectivity index (χ0v) is 20.0. The fourth-order valence-corrected chi connectivity index (χ4v) is 3.76. The van der Waals surface area contributed by atoms with E-state index in [1.165, 1.54) is 35.0 Å². The van der Waals surface area contributed by atoms with E-state index in [9.17, 15) is 26.7 Å². The lowest BCUT2D eigenvalue weighted by molar-refractivity contribution is -0.136. The molecule has 37 heavy (non-hydrogen) atoms. The first-order valence-corrected chi connectivity index (χ1v) is 11.4. The van der Waals surface area contributed by atoms with Crippen LogP contribution in [0, 0.1) is 0 Å². The minimum absolute atomic E-state index is 0.0248. The zero-order valence-electron chi connectivity index (χ0n) is 19.3. The van der Waals surface area contributed by atoms with E-state index in [4.69, 9.17) is 11.6 Å². The summed E-state index contributed by atoms with van der Waals surface area (Å²) in [4.78, 5) is 17.4. The summed E-state index contributed by atoms with van der Waals surface area (Å²) in [6, 6.07) is 12.2. The number of rotatable bonds is 9. The molecule has 4 aromatic rings. The monoisotopic (exact) mass is 542 g/mol. The first kappa shape index (κ1) is 26.3. The third kappa shape index (κ3) is 6.16. The summed E-state index contributed by atoms with van der Waals surface area (Å²) in [5.41, 5.74) is -0.179. The number of hydrogen-bond acceptors (Lipinski definition) is 5. The average molecular weight is 543 g/mol. The predicted molar refractivity (Wildman–Crippen MR) is 124 cm³/mol. The van der Waals surface area contributed by atoms with Gasteiger partial charge in [0.1, 0.15) is 18.1 Å². The van der Waals surface area contributed by atoms with Crippen LogP contribution < -0.4 is 10.4 Å². The average Bonchev–Trinajstić information content (AvgIpc) is 3.38. The third-order valence-electron chi connectivity index (χ3n) is 5.28. The number of aromatic nitrogens is 6. The molecule has 0 bridgehead atoms. The van der Waals surface area contributed by atoms with Crippen LogP contribution in [0.5, 0.6) is 5.75 Å². The molecule has 0 N–H and O–H groups in total. The Hall–Kier alpha value is -3.74. The second kappa shape index (κ2) is 10.7. The lowest BCUT2D eigenvalue weighted by atomic mass is 10.2. The van der Waals surface area contributed by atoms with E-state index in [0.29, 0.717) is 22.8 Å². The molecule has 0 radical (unpaired) electrons. The molecule has 0 fully saturated rings. The number of para-hydroxylation sites is 2. The van der Waals surface area contributed by atoms with Crippen molar-refractivity contribution < 1.29 is 26.7 Å². The Kier molecular flexibility index (Phi) is 7.62. The summed E-state index contributed by atoms with van der Waals surface area (Å²) in [6.07, 6.45) is -5.35. The van der Waals surface area contributed by atoms with Crippen LogP contribution in [-0.2, 0) is 19.5 Å². The van der Waals surface area contributed by atoms with Gasteiger partial charge < -0.3 is 4.74 Å². The highest BCUT2D eigenvalue weighted by molar-refractivity contribution is 6.30. The fourth-order valence-electron chi connectivity index (χ4n) is 3.64. The van der Waals surface area contributed by atoms with E-state index in [1.54, 1.807) is 25.1 Å². The van der Waals surface area contributed by atoms with Gasteiger partial charge in [-0.3, -0.25) is 4.57 Å². The van der Waals surface area contributed by atoms with E-state index >= 15 is 0 Å². The minimum atomic E-state index is -4.48. The van der Waals surface area contributed by atoms with Crippen LogP contribution in [-0.4, -0.2) is 41.9 Å². The van der Waals surface area contributed by atoms with Crippen LogP contribution in [0.4, 0.5) is 22.0 Å². The Morgan fingerprint density at radius 1 is 1.05 bits per heavy atom. The molecular formula is C23H20ClF5N6O2. The highest BCUT2D eigenvalue weighted by Gasteiger charge is 2.29. The van der Waals surface area contributed by atoms with Gasteiger partial charge in [0.05, 0.1) is 6.42 Å². The molecule has 0 aliphatic rings. The minimum Gasteiger partial charge on any atom is -0.433 e. The van der Waals surface area contributed by atoms with Crippen LogP contribution in [0.3, 0.4) is 0 Å². The topological polar surface area (TPSA) is 79.8 Å². The molecular weight excluding hydrogens is 523 g/mol. The van der Waals surface area contributed by atoms with Gasteiger partial charge in [-0.05, 0) is 36.4 Å². The Morgan fingerprint density at radius 2 is 1.76 bits per heavy atom. The van der Waals surface area contributed by atoms with Gasteiger partial charge >= 0.3 is 18.5 Å². The number of alkyl halides is 5. The van der Waals surface area contributed by atoms with Crippen molar-refractivity contribution in [3.63, 3.8) is 0 Å². The lowest BCUT2D eigenvalue weighted by Gasteiger charge is -2.11. The van der Waals surface area contributed by atoms with Crippen molar-refractivity contribution in [2.75, 3.05) is 0 Å². The van der Waals surface area contributed by atoms with Crippen LogP contribution in [0.2, 0.25) is 5.02 Å². The summed E-state index contributed by atoms with van der Waals surface area (Å²) in [7, 11) is 0. The molecule has 2 heterocycles. The van der Waals surface area contributed by atoms with Gasteiger partial charge in [-0.2, -0.15) is 22.0 Å². The molecule has 0 saturated carbocycles. The Labute approximate surface area is 211 Å². The SMILES string of the molecule is CCc1nc(Cn2nc(-c3ccc(Cl)cc3)n(CCC(F)(F)F)c2=O)nn1-c1ccccc1OC(F)F. The molecule has 0 saturated heterocycles. The van der Waals surface area contributed by atoms with Gasteiger partial charge in [0.15, 0.2) is 17.4 Å². The maximum atomic E-state index is 13.1. The maximum Gasteiger partial charge on any atom is 0.390 e. The van der Waals surface area contributed by atoms with Crippen molar-refractivity contribution in [2.24, 2.45) is 0 Å². The van der Waals surface area contributed by atoms with Gasteiger partial charge in [-0.1, -0.05) is 30.7 Å². The number of benzene rings is 2. The molecule has 0 aliphatic heterocycles. The second-order valence-electron chi connectivity index (χ2n) is 7.84. The van der Waals surface area contributed by atoms with Gasteiger partial charge in [0.25, 0.3) is 0 Å². The third-order valence-corrected chi connectivity index (χ3v) is 5.53. The fraction of sp³-hybridized carbons (Fsp3) is 0.304. The van der Waals surface area contributed by atoms with Crippen molar-refractivity contribution in [3.8, 4) is 22.8 Å².